The topological polar surface area (TPSA) is 21.3 Å². The molecule has 2 aliphatic heterocycles. The molecule has 2 nitrogen and oxygen atoms in total. The normalized spacial score (nSPS) is 29.8. The Morgan fingerprint density at radius 3 is 2.94 bits per heavy atom. The highest BCUT2D eigenvalue weighted by molar-refractivity contribution is 8.00. The Bertz CT molecular complexity index is 213. The molecule has 2 aliphatic rings. The number of rotatable bonds is 8. The van der Waals surface area contributed by atoms with E-state index in [4.69, 9.17) is 4.74 Å². The predicted molar refractivity (Wildman–Crippen MR) is 80.4 cm³/mol. The van der Waals surface area contributed by atoms with Gasteiger partial charge in [0, 0.05) is 17.9 Å². The fraction of sp³-hybridized carbons (Fsp3) is 1.00. The van der Waals surface area contributed by atoms with Gasteiger partial charge in [0.1, 0.15) is 0 Å². The van der Waals surface area contributed by atoms with Crippen molar-refractivity contribution in [3.05, 3.63) is 0 Å². The van der Waals surface area contributed by atoms with E-state index >= 15 is 0 Å². The SMILES string of the molecule is CCCNC(CCCC1CCCO1)C1CCCS1. The summed E-state index contributed by atoms with van der Waals surface area (Å²) in [5.74, 6) is 1.38. The Labute approximate surface area is 117 Å². The number of thioether (sulfide) groups is 1. The molecular formula is C15H29NOS. The summed E-state index contributed by atoms with van der Waals surface area (Å²) < 4.78 is 5.72. The van der Waals surface area contributed by atoms with Gasteiger partial charge in [0.15, 0.2) is 0 Å². The summed E-state index contributed by atoms with van der Waals surface area (Å²) in [6, 6.07) is 0.749. The summed E-state index contributed by atoms with van der Waals surface area (Å²) in [5, 5.41) is 4.65. The van der Waals surface area contributed by atoms with Gasteiger partial charge in [-0.15, -0.1) is 0 Å². The molecular weight excluding hydrogens is 242 g/mol. The lowest BCUT2D eigenvalue weighted by molar-refractivity contribution is 0.101. The largest absolute Gasteiger partial charge is 0.378 e. The van der Waals surface area contributed by atoms with Crippen molar-refractivity contribution in [1.82, 2.24) is 5.32 Å². The van der Waals surface area contributed by atoms with Gasteiger partial charge in [0.25, 0.3) is 0 Å². The van der Waals surface area contributed by atoms with Gasteiger partial charge in [-0.1, -0.05) is 6.92 Å². The van der Waals surface area contributed by atoms with E-state index in [-0.39, 0.29) is 0 Å². The molecule has 0 radical (unpaired) electrons. The van der Waals surface area contributed by atoms with Crippen LogP contribution in [-0.2, 0) is 4.74 Å². The smallest absolute Gasteiger partial charge is 0.0576 e. The molecule has 2 saturated heterocycles. The van der Waals surface area contributed by atoms with Crippen molar-refractivity contribution >= 4 is 11.8 Å². The average Bonchev–Trinajstić information content (AvgIpc) is 3.05. The van der Waals surface area contributed by atoms with Crippen molar-refractivity contribution in [2.24, 2.45) is 0 Å². The molecule has 0 amide bonds. The third kappa shape index (κ3) is 4.75. The van der Waals surface area contributed by atoms with Crippen LogP contribution in [0.25, 0.3) is 0 Å². The molecule has 0 bridgehead atoms. The standard InChI is InChI=1S/C15H29NOS/c1-2-10-16-14(15-9-5-12-18-15)8-3-6-13-7-4-11-17-13/h13-16H,2-12H2,1H3. The molecule has 2 heterocycles. The second-order valence-corrected chi connectivity index (χ2v) is 7.03. The van der Waals surface area contributed by atoms with Crippen LogP contribution in [0.4, 0.5) is 0 Å². The Hall–Kier alpha value is 0.270. The Morgan fingerprint density at radius 2 is 2.28 bits per heavy atom. The van der Waals surface area contributed by atoms with Crippen LogP contribution in [0.15, 0.2) is 0 Å². The summed E-state index contributed by atoms with van der Waals surface area (Å²) in [4.78, 5) is 0. The molecule has 1 N–H and O–H groups in total. The molecule has 3 unspecified atom stereocenters. The molecule has 0 aromatic heterocycles. The van der Waals surface area contributed by atoms with Gasteiger partial charge >= 0.3 is 0 Å². The first kappa shape index (κ1) is 14.7. The molecule has 0 aliphatic carbocycles. The Balaban J connectivity index is 1.66. The molecule has 0 saturated carbocycles. The molecule has 3 atom stereocenters. The quantitative estimate of drug-likeness (QED) is 0.729. The predicted octanol–water partition coefficient (Wildman–Crippen LogP) is 3.60. The molecule has 3 heteroatoms. The van der Waals surface area contributed by atoms with Crippen molar-refractivity contribution in [3.63, 3.8) is 0 Å². The fourth-order valence-corrected chi connectivity index (χ4v) is 4.54. The fourth-order valence-electron chi connectivity index (χ4n) is 3.11. The molecule has 18 heavy (non-hydrogen) atoms. The van der Waals surface area contributed by atoms with Crippen LogP contribution in [0.2, 0.25) is 0 Å². The molecule has 106 valence electrons. The van der Waals surface area contributed by atoms with Gasteiger partial charge in [0.2, 0.25) is 0 Å². The minimum Gasteiger partial charge on any atom is -0.378 e. The third-order valence-corrected chi connectivity index (χ3v) is 5.65. The Kier molecular flexibility index (Phi) is 6.88. The van der Waals surface area contributed by atoms with Crippen LogP contribution in [0.3, 0.4) is 0 Å². The van der Waals surface area contributed by atoms with Crippen molar-refractivity contribution in [2.45, 2.75) is 75.7 Å². The van der Waals surface area contributed by atoms with E-state index in [9.17, 15) is 0 Å². The summed E-state index contributed by atoms with van der Waals surface area (Å²) in [5.41, 5.74) is 0. The zero-order valence-corrected chi connectivity index (χ0v) is 12.6. The van der Waals surface area contributed by atoms with Crippen molar-refractivity contribution < 1.29 is 4.74 Å². The maximum Gasteiger partial charge on any atom is 0.0576 e. The van der Waals surface area contributed by atoms with Crippen molar-refractivity contribution in [1.29, 1.82) is 0 Å². The van der Waals surface area contributed by atoms with Gasteiger partial charge in [-0.25, -0.2) is 0 Å². The van der Waals surface area contributed by atoms with E-state index in [0.717, 1.165) is 17.9 Å². The maximum atomic E-state index is 5.72. The van der Waals surface area contributed by atoms with E-state index in [1.807, 2.05) is 0 Å². The van der Waals surface area contributed by atoms with Gasteiger partial charge in [-0.05, 0) is 63.7 Å². The van der Waals surface area contributed by atoms with Gasteiger partial charge in [-0.2, -0.15) is 11.8 Å². The highest BCUT2D eigenvalue weighted by Crippen LogP contribution is 2.31. The first-order chi connectivity index (χ1) is 8.90. The van der Waals surface area contributed by atoms with Crippen molar-refractivity contribution in [3.8, 4) is 0 Å². The van der Waals surface area contributed by atoms with Crippen LogP contribution < -0.4 is 5.32 Å². The van der Waals surface area contributed by atoms with Crippen LogP contribution >= 0.6 is 11.8 Å². The van der Waals surface area contributed by atoms with Gasteiger partial charge < -0.3 is 10.1 Å². The van der Waals surface area contributed by atoms with Crippen LogP contribution in [0.1, 0.15) is 58.3 Å². The molecule has 0 aromatic carbocycles. The first-order valence-corrected chi connectivity index (χ1v) is 8.91. The van der Waals surface area contributed by atoms with Crippen LogP contribution in [0.5, 0.6) is 0 Å². The lowest BCUT2D eigenvalue weighted by Gasteiger charge is -2.24. The average molecular weight is 271 g/mol. The van der Waals surface area contributed by atoms with E-state index in [2.05, 4.69) is 24.0 Å². The summed E-state index contributed by atoms with van der Waals surface area (Å²) in [6.07, 6.45) is 11.2. The second kappa shape index (κ2) is 8.44. The van der Waals surface area contributed by atoms with Crippen LogP contribution in [-0.4, -0.2) is 36.3 Å². The number of ether oxygens (including phenoxy) is 1. The summed E-state index contributed by atoms with van der Waals surface area (Å²) >= 11 is 2.19. The number of nitrogens with one attached hydrogen (secondary N) is 1. The minimum absolute atomic E-state index is 0.577. The maximum absolute atomic E-state index is 5.72. The van der Waals surface area contributed by atoms with E-state index in [1.165, 1.54) is 63.7 Å². The van der Waals surface area contributed by atoms with Gasteiger partial charge in [0.05, 0.1) is 6.10 Å². The molecule has 2 fully saturated rings. The molecule has 0 spiro atoms. The second-order valence-electron chi connectivity index (χ2n) is 5.68. The van der Waals surface area contributed by atoms with Crippen molar-refractivity contribution in [2.75, 3.05) is 18.9 Å². The van der Waals surface area contributed by atoms with Crippen LogP contribution in [0, 0.1) is 0 Å². The highest BCUT2D eigenvalue weighted by atomic mass is 32.2. The molecule has 2 rings (SSSR count). The number of hydrogen-bond acceptors (Lipinski definition) is 3. The van der Waals surface area contributed by atoms with E-state index in [0.29, 0.717) is 6.10 Å². The van der Waals surface area contributed by atoms with E-state index < -0.39 is 0 Å². The minimum atomic E-state index is 0.577. The Morgan fingerprint density at radius 1 is 1.33 bits per heavy atom. The number of hydrogen-bond donors (Lipinski definition) is 1. The van der Waals surface area contributed by atoms with E-state index in [1.54, 1.807) is 0 Å². The zero-order valence-electron chi connectivity index (χ0n) is 11.8. The van der Waals surface area contributed by atoms with Gasteiger partial charge in [-0.3, -0.25) is 0 Å². The third-order valence-electron chi connectivity index (χ3n) is 4.14. The molecule has 0 aromatic rings. The lowest BCUT2D eigenvalue weighted by atomic mass is 10.0. The lowest BCUT2D eigenvalue weighted by Crippen LogP contribution is -2.37. The summed E-state index contributed by atoms with van der Waals surface area (Å²) in [6.45, 7) is 4.44. The summed E-state index contributed by atoms with van der Waals surface area (Å²) in [7, 11) is 0. The highest BCUT2D eigenvalue weighted by Gasteiger charge is 2.25. The zero-order chi connectivity index (χ0) is 12.6. The monoisotopic (exact) mass is 271 g/mol. The first-order valence-electron chi connectivity index (χ1n) is 7.86.